The third-order valence-corrected chi connectivity index (χ3v) is 4.97. The van der Waals surface area contributed by atoms with Crippen molar-refractivity contribution in [2.45, 2.75) is 16.7 Å². The summed E-state index contributed by atoms with van der Waals surface area (Å²) < 4.78 is 24.7. The largest absolute Gasteiger partial charge is 0.315 e. The normalized spacial score (nSPS) is 21.8. The fraction of sp³-hybridized carbons (Fsp3) is 0.444. The number of hydrogen-bond acceptors (Lipinski definition) is 4. The minimum absolute atomic E-state index is 0.158. The lowest BCUT2D eigenvalue weighted by Gasteiger charge is -2.09. The molecule has 82 valence electrons. The molecule has 1 aliphatic rings. The summed E-state index contributed by atoms with van der Waals surface area (Å²) in [7, 11) is -3.26. The summed E-state index contributed by atoms with van der Waals surface area (Å²) in [4.78, 5) is 3.99. The first-order chi connectivity index (χ1) is 7.10. The van der Waals surface area contributed by atoms with E-state index in [4.69, 9.17) is 0 Å². The first-order valence-corrected chi connectivity index (χ1v) is 7.02. The van der Waals surface area contributed by atoms with Crippen molar-refractivity contribution in [3.05, 3.63) is 22.8 Å². The standard InChI is InChI=1S/C9H11BrN2O2S/c10-8-2-1-3-9(12-8)15(13,14)7-4-5-11-6-7/h1-3,7,11H,4-6H2. The molecule has 0 amide bonds. The third-order valence-electron chi connectivity index (χ3n) is 2.43. The second kappa shape index (κ2) is 4.19. The van der Waals surface area contributed by atoms with Crippen molar-refractivity contribution in [1.82, 2.24) is 10.3 Å². The highest BCUT2D eigenvalue weighted by molar-refractivity contribution is 9.10. The van der Waals surface area contributed by atoms with Crippen molar-refractivity contribution in [1.29, 1.82) is 0 Å². The summed E-state index contributed by atoms with van der Waals surface area (Å²) in [6, 6.07) is 4.94. The number of nitrogens with zero attached hydrogens (tertiary/aromatic N) is 1. The first-order valence-electron chi connectivity index (χ1n) is 4.68. The SMILES string of the molecule is O=S(=O)(c1cccc(Br)n1)C1CCNC1. The Hall–Kier alpha value is -0.460. The lowest BCUT2D eigenvalue weighted by molar-refractivity contribution is 0.579. The zero-order valence-electron chi connectivity index (χ0n) is 7.98. The quantitative estimate of drug-likeness (QED) is 0.825. The van der Waals surface area contributed by atoms with Crippen LogP contribution in [0.3, 0.4) is 0 Å². The van der Waals surface area contributed by atoms with Gasteiger partial charge < -0.3 is 5.32 Å². The molecule has 4 nitrogen and oxygen atoms in total. The van der Waals surface area contributed by atoms with Crippen LogP contribution in [-0.2, 0) is 9.84 Å². The summed E-state index contributed by atoms with van der Waals surface area (Å²) in [6.45, 7) is 1.29. The number of rotatable bonds is 2. The second-order valence-corrected chi connectivity index (χ2v) is 6.45. The highest BCUT2D eigenvalue weighted by atomic mass is 79.9. The molecule has 1 saturated heterocycles. The van der Waals surface area contributed by atoms with Crippen molar-refractivity contribution >= 4 is 25.8 Å². The van der Waals surface area contributed by atoms with Crippen LogP contribution in [-0.4, -0.2) is 31.7 Å². The summed E-state index contributed by atoms with van der Waals surface area (Å²) in [6.07, 6.45) is 0.663. The van der Waals surface area contributed by atoms with Crippen LogP contribution < -0.4 is 5.32 Å². The Morgan fingerprint density at radius 1 is 1.47 bits per heavy atom. The van der Waals surface area contributed by atoms with Gasteiger partial charge in [-0.2, -0.15) is 0 Å². The van der Waals surface area contributed by atoms with Gasteiger partial charge >= 0.3 is 0 Å². The molecular weight excluding hydrogens is 280 g/mol. The smallest absolute Gasteiger partial charge is 0.199 e. The monoisotopic (exact) mass is 290 g/mol. The van der Waals surface area contributed by atoms with Crippen molar-refractivity contribution in [3.63, 3.8) is 0 Å². The number of nitrogens with one attached hydrogen (secondary N) is 1. The van der Waals surface area contributed by atoms with Gasteiger partial charge in [0.15, 0.2) is 14.9 Å². The molecule has 0 aromatic carbocycles. The molecule has 1 aromatic rings. The third kappa shape index (κ3) is 2.21. The zero-order chi connectivity index (χ0) is 10.9. The summed E-state index contributed by atoms with van der Waals surface area (Å²) in [5.41, 5.74) is 0. The van der Waals surface area contributed by atoms with Gasteiger partial charge in [0.2, 0.25) is 0 Å². The van der Waals surface area contributed by atoms with Gasteiger partial charge in [0, 0.05) is 6.54 Å². The maximum atomic E-state index is 12.1. The lowest BCUT2D eigenvalue weighted by Crippen LogP contribution is -2.24. The number of aromatic nitrogens is 1. The van der Waals surface area contributed by atoms with Gasteiger partial charge in [0.05, 0.1) is 5.25 Å². The Morgan fingerprint density at radius 3 is 2.87 bits per heavy atom. The predicted octanol–water partition coefficient (Wildman–Crippen LogP) is 0.980. The molecule has 2 heterocycles. The van der Waals surface area contributed by atoms with E-state index < -0.39 is 9.84 Å². The van der Waals surface area contributed by atoms with Crippen LogP contribution in [0.25, 0.3) is 0 Å². The molecule has 1 N–H and O–H groups in total. The average molecular weight is 291 g/mol. The molecule has 1 aromatic heterocycles. The van der Waals surface area contributed by atoms with Crippen molar-refractivity contribution < 1.29 is 8.42 Å². The minimum Gasteiger partial charge on any atom is -0.315 e. The summed E-state index contributed by atoms with van der Waals surface area (Å²) in [5, 5.41) is 2.87. The van der Waals surface area contributed by atoms with Gasteiger partial charge in [-0.1, -0.05) is 6.07 Å². The topological polar surface area (TPSA) is 59.1 Å². The lowest BCUT2D eigenvalue weighted by atomic mass is 10.4. The average Bonchev–Trinajstić information content (AvgIpc) is 2.71. The van der Waals surface area contributed by atoms with E-state index in [1.165, 1.54) is 0 Å². The van der Waals surface area contributed by atoms with E-state index in [-0.39, 0.29) is 10.3 Å². The summed E-state index contributed by atoms with van der Waals surface area (Å²) in [5.74, 6) is 0. The highest BCUT2D eigenvalue weighted by Crippen LogP contribution is 2.19. The van der Waals surface area contributed by atoms with Crippen LogP contribution in [0.5, 0.6) is 0 Å². The molecule has 1 fully saturated rings. The molecule has 0 aliphatic carbocycles. The number of sulfone groups is 1. The van der Waals surface area contributed by atoms with Gasteiger partial charge in [0.25, 0.3) is 0 Å². The maximum Gasteiger partial charge on any atom is 0.199 e. The number of pyridine rings is 1. The Morgan fingerprint density at radius 2 is 2.27 bits per heavy atom. The molecule has 15 heavy (non-hydrogen) atoms. The molecule has 1 atom stereocenters. The zero-order valence-corrected chi connectivity index (χ0v) is 10.4. The van der Waals surface area contributed by atoms with Gasteiger partial charge in [-0.3, -0.25) is 0 Å². The van der Waals surface area contributed by atoms with E-state index in [2.05, 4.69) is 26.2 Å². The van der Waals surface area contributed by atoms with Crippen LogP contribution >= 0.6 is 15.9 Å². The van der Waals surface area contributed by atoms with Crippen LogP contribution in [0.1, 0.15) is 6.42 Å². The van der Waals surface area contributed by atoms with Crippen molar-refractivity contribution in [2.24, 2.45) is 0 Å². The van der Waals surface area contributed by atoms with Crippen LogP contribution in [0.4, 0.5) is 0 Å². The first kappa shape index (κ1) is 11.0. The molecule has 1 unspecified atom stereocenters. The molecule has 0 spiro atoms. The number of halogens is 1. The minimum atomic E-state index is -3.26. The van der Waals surface area contributed by atoms with Crippen LogP contribution in [0, 0.1) is 0 Å². The van der Waals surface area contributed by atoms with Crippen molar-refractivity contribution in [3.8, 4) is 0 Å². The Bertz CT molecular complexity index is 455. The molecule has 0 radical (unpaired) electrons. The molecule has 1 aliphatic heterocycles. The molecule has 6 heteroatoms. The Labute approximate surface area is 97.1 Å². The van der Waals surface area contributed by atoms with Crippen LogP contribution in [0.2, 0.25) is 0 Å². The second-order valence-electron chi connectivity index (χ2n) is 3.46. The van der Waals surface area contributed by atoms with Gasteiger partial charge in [-0.05, 0) is 41.0 Å². The van der Waals surface area contributed by atoms with E-state index in [1.807, 2.05) is 0 Å². The van der Waals surface area contributed by atoms with E-state index >= 15 is 0 Å². The van der Waals surface area contributed by atoms with E-state index in [0.29, 0.717) is 17.6 Å². The molecular formula is C9H11BrN2O2S. The fourth-order valence-electron chi connectivity index (χ4n) is 1.61. The predicted molar refractivity (Wildman–Crippen MR) is 60.4 cm³/mol. The Balaban J connectivity index is 2.36. The molecule has 0 bridgehead atoms. The molecule has 2 rings (SSSR count). The molecule has 0 saturated carbocycles. The Kier molecular flexibility index (Phi) is 3.08. The maximum absolute atomic E-state index is 12.1. The van der Waals surface area contributed by atoms with Gasteiger partial charge in [0.1, 0.15) is 4.60 Å². The highest BCUT2D eigenvalue weighted by Gasteiger charge is 2.31. The summed E-state index contributed by atoms with van der Waals surface area (Å²) >= 11 is 3.17. The van der Waals surface area contributed by atoms with Gasteiger partial charge in [-0.25, -0.2) is 13.4 Å². The fourth-order valence-corrected chi connectivity index (χ4v) is 3.67. The van der Waals surface area contributed by atoms with Crippen molar-refractivity contribution in [2.75, 3.05) is 13.1 Å². The number of hydrogen-bond donors (Lipinski definition) is 1. The van der Waals surface area contributed by atoms with E-state index in [0.717, 1.165) is 6.54 Å². The van der Waals surface area contributed by atoms with Crippen LogP contribution in [0.15, 0.2) is 27.8 Å². The van der Waals surface area contributed by atoms with E-state index in [1.54, 1.807) is 18.2 Å². The van der Waals surface area contributed by atoms with E-state index in [9.17, 15) is 8.42 Å². The van der Waals surface area contributed by atoms with Gasteiger partial charge in [-0.15, -0.1) is 0 Å².